The Morgan fingerprint density at radius 2 is 2.38 bits per heavy atom. The van der Waals surface area contributed by atoms with Crippen LogP contribution in [0.5, 0.6) is 5.75 Å². The summed E-state index contributed by atoms with van der Waals surface area (Å²) in [6.45, 7) is 0.572. The van der Waals surface area contributed by atoms with E-state index >= 15 is 0 Å². The zero-order valence-electron chi connectivity index (χ0n) is 11.6. The van der Waals surface area contributed by atoms with Crippen LogP contribution in [0.25, 0.3) is 10.1 Å². The molecule has 0 aliphatic heterocycles. The molecule has 0 aliphatic carbocycles. The highest BCUT2D eigenvalue weighted by Crippen LogP contribution is 2.35. The number of carbonyl (C=O) groups excluding carboxylic acids is 1. The predicted molar refractivity (Wildman–Crippen MR) is 91.3 cm³/mol. The van der Waals surface area contributed by atoms with Gasteiger partial charge in [-0.2, -0.15) is 0 Å². The molecule has 2 aromatic rings. The number of carbonyl (C=O) groups is 1. The van der Waals surface area contributed by atoms with E-state index in [-0.39, 0.29) is 5.91 Å². The lowest BCUT2D eigenvalue weighted by molar-refractivity contribution is 0.0961. The van der Waals surface area contributed by atoms with Gasteiger partial charge in [0, 0.05) is 22.4 Å². The lowest BCUT2D eigenvalue weighted by Gasteiger charge is -2.03. The first-order valence-corrected chi connectivity index (χ1v) is 8.30. The zero-order chi connectivity index (χ0) is 15.2. The number of amides is 1. The third kappa shape index (κ3) is 3.63. The van der Waals surface area contributed by atoms with E-state index in [1.807, 2.05) is 18.2 Å². The number of hydrogen-bond donors (Lipinski definition) is 2. The molecule has 3 N–H and O–H groups in total. The van der Waals surface area contributed by atoms with Crippen LogP contribution in [0, 0.1) is 12.3 Å². The van der Waals surface area contributed by atoms with Crippen LogP contribution in [0.3, 0.4) is 0 Å². The maximum atomic E-state index is 12.2. The topological polar surface area (TPSA) is 64.3 Å². The highest BCUT2D eigenvalue weighted by Gasteiger charge is 2.16. The maximum absolute atomic E-state index is 12.2. The van der Waals surface area contributed by atoms with Gasteiger partial charge in [0.25, 0.3) is 5.91 Å². The number of nitrogen functional groups attached to an aromatic ring is 1. The number of hydrogen-bond acceptors (Lipinski definition) is 5. The van der Waals surface area contributed by atoms with Gasteiger partial charge in [-0.05, 0) is 18.2 Å². The van der Waals surface area contributed by atoms with Gasteiger partial charge in [0.05, 0.1) is 18.6 Å². The van der Waals surface area contributed by atoms with Crippen LogP contribution in [-0.2, 0) is 0 Å². The van der Waals surface area contributed by atoms with E-state index in [1.165, 1.54) is 11.3 Å². The fraction of sp³-hybridized carbons (Fsp3) is 0.267. The van der Waals surface area contributed by atoms with Crippen molar-refractivity contribution >= 4 is 44.8 Å². The Morgan fingerprint density at radius 3 is 3.10 bits per heavy atom. The molecule has 2 rings (SSSR count). The van der Waals surface area contributed by atoms with Crippen LogP contribution >= 0.6 is 23.1 Å². The van der Waals surface area contributed by atoms with Crippen molar-refractivity contribution in [2.45, 2.75) is 0 Å². The van der Waals surface area contributed by atoms with Crippen molar-refractivity contribution in [2.75, 3.05) is 30.9 Å². The molecule has 1 heterocycles. The molecular formula is C15H16N2O2S2. The molecule has 4 nitrogen and oxygen atoms in total. The normalized spacial score (nSPS) is 10.3. The summed E-state index contributed by atoms with van der Waals surface area (Å²) in [7, 11) is 1.61. The van der Waals surface area contributed by atoms with Gasteiger partial charge in [0.15, 0.2) is 0 Å². The Labute approximate surface area is 132 Å². The number of methoxy groups -OCH3 is 1. The molecule has 6 heteroatoms. The van der Waals surface area contributed by atoms with E-state index in [2.05, 4.69) is 11.2 Å². The molecule has 0 spiro atoms. The van der Waals surface area contributed by atoms with E-state index < -0.39 is 0 Å². The molecule has 0 bridgehead atoms. The summed E-state index contributed by atoms with van der Waals surface area (Å²) >= 11 is 2.98. The standard InChI is InChI=1S/C15H16N2O2S2/c1-3-7-20-8-6-17-15(18)14-13(16)11-5-4-10(19-2)9-12(11)21-14/h1,4-5,9H,6-8,16H2,2H3,(H,17,18). The van der Waals surface area contributed by atoms with E-state index in [0.29, 0.717) is 22.9 Å². The second-order valence-electron chi connectivity index (χ2n) is 4.22. The summed E-state index contributed by atoms with van der Waals surface area (Å²) in [5, 5.41) is 3.74. The minimum absolute atomic E-state index is 0.144. The van der Waals surface area contributed by atoms with Gasteiger partial charge in [-0.1, -0.05) is 5.92 Å². The number of nitrogens with two attached hydrogens (primary N) is 1. The van der Waals surface area contributed by atoms with Gasteiger partial charge >= 0.3 is 0 Å². The molecule has 0 saturated heterocycles. The number of thioether (sulfide) groups is 1. The number of ether oxygens (including phenoxy) is 1. The van der Waals surface area contributed by atoms with Crippen molar-refractivity contribution < 1.29 is 9.53 Å². The smallest absolute Gasteiger partial charge is 0.263 e. The average molecular weight is 320 g/mol. The van der Waals surface area contributed by atoms with Crippen molar-refractivity contribution in [3.63, 3.8) is 0 Å². The fourth-order valence-electron chi connectivity index (χ4n) is 1.84. The number of nitrogens with one attached hydrogen (secondary N) is 1. The summed E-state index contributed by atoms with van der Waals surface area (Å²) in [6.07, 6.45) is 5.16. The third-order valence-electron chi connectivity index (χ3n) is 2.86. The van der Waals surface area contributed by atoms with Crippen LogP contribution < -0.4 is 15.8 Å². The molecular weight excluding hydrogens is 304 g/mol. The summed E-state index contributed by atoms with van der Waals surface area (Å²) in [5.74, 6) is 4.59. The van der Waals surface area contributed by atoms with E-state index in [4.69, 9.17) is 16.9 Å². The SMILES string of the molecule is C#CCSCCNC(=O)c1sc2cc(OC)ccc2c1N. The van der Waals surface area contributed by atoms with Crippen LogP contribution in [0.4, 0.5) is 5.69 Å². The lowest BCUT2D eigenvalue weighted by atomic mass is 10.2. The Kier molecular flexibility index (Phi) is 5.37. The van der Waals surface area contributed by atoms with E-state index in [9.17, 15) is 4.79 Å². The lowest BCUT2D eigenvalue weighted by Crippen LogP contribution is -2.25. The van der Waals surface area contributed by atoms with Crippen molar-refractivity contribution in [2.24, 2.45) is 0 Å². The highest BCUT2D eigenvalue weighted by molar-refractivity contribution is 7.99. The van der Waals surface area contributed by atoms with Crippen molar-refractivity contribution in [3.05, 3.63) is 23.1 Å². The summed E-state index contributed by atoms with van der Waals surface area (Å²) in [6, 6.07) is 5.60. The van der Waals surface area contributed by atoms with E-state index in [1.54, 1.807) is 18.9 Å². The number of benzene rings is 1. The monoisotopic (exact) mass is 320 g/mol. The molecule has 0 fully saturated rings. The molecule has 0 aliphatic rings. The minimum atomic E-state index is -0.144. The molecule has 110 valence electrons. The number of terminal acetylenes is 1. The summed E-state index contributed by atoms with van der Waals surface area (Å²) < 4.78 is 6.12. The van der Waals surface area contributed by atoms with Gasteiger partial charge in [0.2, 0.25) is 0 Å². The minimum Gasteiger partial charge on any atom is -0.497 e. The van der Waals surface area contributed by atoms with Crippen molar-refractivity contribution in [1.29, 1.82) is 0 Å². The van der Waals surface area contributed by atoms with Crippen LogP contribution in [0.15, 0.2) is 18.2 Å². The Bertz CT molecular complexity index is 689. The third-order valence-corrected chi connectivity index (χ3v) is 4.89. The van der Waals surface area contributed by atoms with Gasteiger partial charge in [-0.25, -0.2) is 0 Å². The van der Waals surface area contributed by atoms with Gasteiger partial charge in [0.1, 0.15) is 10.6 Å². The zero-order valence-corrected chi connectivity index (χ0v) is 13.3. The first-order chi connectivity index (χ1) is 10.2. The Morgan fingerprint density at radius 1 is 1.57 bits per heavy atom. The Hall–Kier alpha value is -1.84. The van der Waals surface area contributed by atoms with Crippen molar-refractivity contribution in [1.82, 2.24) is 5.32 Å². The summed E-state index contributed by atoms with van der Waals surface area (Å²) in [4.78, 5) is 12.7. The second-order valence-corrected chi connectivity index (χ2v) is 6.38. The molecule has 0 radical (unpaired) electrons. The first kappa shape index (κ1) is 15.5. The quantitative estimate of drug-likeness (QED) is 0.634. The maximum Gasteiger partial charge on any atom is 0.263 e. The predicted octanol–water partition coefficient (Wildman–Crippen LogP) is 2.59. The highest BCUT2D eigenvalue weighted by atomic mass is 32.2. The number of rotatable bonds is 6. The van der Waals surface area contributed by atoms with Gasteiger partial charge < -0.3 is 15.8 Å². The number of anilines is 1. The van der Waals surface area contributed by atoms with E-state index in [0.717, 1.165) is 21.6 Å². The molecule has 0 unspecified atom stereocenters. The van der Waals surface area contributed by atoms with Gasteiger partial charge in [-0.15, -0.1) is 29.5 Å². The van der Waals surface area contributed by atoms with Crippen LogP contribution in [0.2, 0.25) is 0 Å². The molecule has 0 atom stereocenters. The number of fused-ring (bicyclic) bond motifs is 1. The van der Waals surface area contributed by atoms with Crippen LogP contribution in [-0.4, -0.2) is 31.1 Å². The van der Waals surface area contributed by atoms with Gasteiger partial charge in [-0.3, -0.25) is 4.79 Å². The fourth-order valence-corrected chi connectivity index (χ4v) is 3.42. The molecule has 1 amide bonds. The summed E-state index contributed by atoms with van der Waals surface area (Å²) in [5.41, 5.74) is 6.58. The second kappa shape index (κ2) is 7.25. The first-order valence-electron chi connectivity index (χ1n) is 6.32. The molecule has 21 heavy (non-hydrogen) atoms. The largest absolute Gasteiger partial charge is 0.497 e. The number of thiophene rings is 1. The molecule has 1 aromatic carbocycles. The molecule has 0 saturated carbocycles. The van der Waals surface area contributed by atoms with Crippen LogP contribution in [0.1, 0.15) is 9.67 Å². The Balaban J connectivity index is 2.09. The average Bonchev–Trinajstić information content (AvgIpc) is 2.83. The van der Waals surface area contributed by atoms with Crippen molar-refractivity contribution in [3.8, 4) is 18.1 Å². The molecule has 1 aromatic heterocycles.